The topological polar surface area (TPSA) is 151 Å². The van der Waals surface area contributed by atoms with Crippen LogP contribution in [0.1, 0.15) is 15.9 Å². The van der Waals surface area contributed by atoms with Crippen molar-refractivity contribution < 1.29 is 22.6 Å². The smallest absolute Gasteiger partial charge is 0.273 e. The predicted octanol–water partition coefficient (Wildman–Crippen LogP) is 6.28. The normalized spacial score (nSPS) is 11.6. The summed E-state index contributed by atoms with van der Waals surface area (Å²) in [5, 5.41) is 16.0. The van der Waals surface area contributed by atoms with E-state index < -0.39 is 20.9 Å². The molecule has 3 heterocycles. The van der Waals surface area contributed by atoms with Gasteiger partial charge in [0.2, 0.25) is 10.0 Å². The van der Waals surface area contributed by atoms with Gasteiger partial charge in [0.1, 0.15) is 11.3 Å². The van der Waals surface area contributed by atoms with Gasteiger partial charge in [0.25, 0.3) is 11.6 Å². The van der Waals surface area contributed by atoms with Gasteiger partial charge in [-0.2, -0.15) is 0 Å². The van der Waals surface area contributed by atoms with E-state index in [1.165, 1.54) is 32.3 Å². The van der Waals surface area contributed by atoms with Gasteiger partial charge in [0.05, 0.1) is 39.5 Å². The van der Waals surface area contributed by atoms with Crippen LogP contribution in [0, 0.1) is 17.0 Å². The van der Waals surface area contributed by atoms with Crippen molar-refractivity contribution in [2.45, 2.75) is 6.92 Å². The van der Waals surface area contributed by atoms with E-state index in [0.29, 0.717) is 22.4 Å². The number of furan rings is 1. The molecule has 0 saturated carbocycles. The van der Waals surface area contributed by atoms with E-state index in [-0.39, 0.29) is 39.5 Å². The van der Waals surface area contributed by atoms with Crippen molar-refractivity contribution in [2.24, 2.45) is 0 Å². The minimum atomic E-state index is -3.80. The highest BCUT2D eigenvalue weighted by atomic mass is 32.2. The molecular formula is C32H27N5O6S. The number of sulfonamides is 1. The van der Waals surface area contributed by atoms with Crippen LogP contribution in [0.15, 0.2) is 83.3 Å². The molecule has 1 amide bonds. The summed E-state index contributed by atoms with van der Waals surface area (Å²) >= 11 is 0. The summed E-state index contributed by atoms with van der Waals surface area (Å²) in [6.45, 7) is 1.94. The third kappa shape index (κ3) is 5.05. The molecule has 0 fully saturated rings. The monoisotopic (exact) mass is 609 g/mol. The van der Waals surface area contributed by atoms with Crippen molar-refractivity contribution >= 4 is 49.2 Å². The zero-order valence-electron chi connectivity index (χ0n) is 24.2. The van der Waals surface area contributed by atoms with Crippen molar-refractivity contribution in [1.29, 1.82) is 0 Å². The van der Waals surface area contributed by atoms with Crippen LogP contribution in [0.4, 0.5) is 11.4 Å². The fourth-order valence-electron chi connectivity index (χ4n) is 5.14. The number of aryl methyl sites for hydroxylation is 1. The zero-order valence-corrected chi connectivity index (χ0v) is 25.0. The average Bonchev–Trinajstić information content (AvgIpc) is 3.61. The van der Waals surface area contributed by atoms with E-state index in [4.69, 9.17) is 9.40 Å². The molecule has 11 nitrogen and oxygen atoms in total. The number of nitro groups is 1. The number of carbonyl (C=O) groups excluding carboxylic acids is 1. The number of fused-ring (bicyclic) bond motifs is 2. The number of aromatic nitrogens is 2. The van der Waals surface area contributed by atoms with Crippen molar-refractivity contribution in [3.05, 3.63) is 100 Å². The lowest BCUT2D eigenvalue weighted by Gasteiger charge is -2.20. The molecule has 6 aromatic rings. The summed E-state index contributed by atoms with van der Waals surface area (Å²) in [5.41, 5.74) is 4.16. The number of hydrogen-bond acceptors (Lipinski definition) is 7. The number of anilines is 1. The molecular weight excluding hydrogens is 582 g/mol. The second-order valence-electron chi connectivity index (χ2n) is 10.5. The standard InChI is InChI=1S/C32H27N5O6S/c1-18-9-11-19(12-10-18)31-30(32(38)33-2)23-16-22(28(17-29(23)43-31)36(3)44(4,41)42)25-14-21(37(39)40)15-27(35-25)26-13-20-7-5-6-8-24(20)34-26/h5-17,34H,1-4H3,(H,33,38). The van der Waals surface area contributed by atoms with Gasteiger partial charge < -0.3 is 14.7 Å². The summed E-state index contributed by atoms with van der Waals surface area (Å²) in [5.74, 6) is -0.115. The van der Waals surface area contributed by atoms with Gasteiger partial charge in [-0.05, 0) is 25.1 Å². The van der Waals surface area contributed by atoms with Crippen molar-refractivity contribution in [3.8, 4) is 34.0 Å². The highest BCUT2D eigenvalue weighted by molar-refractivity contribution is 7.92. The van der Waals surface area contributed by atoms with Crippen molar-refractivity contribution in [3.63, 3.8) is 0 Å². The maximum absolute atomic E-state index is 13.3. The molecule has 12 heteroatoms. The number of aromatic amines is 1. The van der Waals surface area contributed by atoms with Crippen molar-refractivity contribution in [1.82, 2.24) is 15.3 Å². The number of benzene rings is 3. The van der Waals surface area contributed by atoms with Crippen LogP contribution in [0.3, 0.4) is 0 Å². The van der Waals surface area contributed by atoms with Crippen LogP contribution in [0.25, 0.3) is 55.8 Å². The summed E-state index contributed by atoms with van der Waals surface area (Å²) in [6, 6.07) is 22.6. The number of pyridine rings is 1. The van der Waals surface area contributed by atoms with E-state index >= 15 is 0 Å². The minimum absolute atomic E-state index is 0.140. The highest BCUT2D eigenvalue weighted by Crippen LogP contribution is 2.42. The minimum Gasteiger partial charge on any atom is -0.455 e. The molecule has 0 aliphatic carbocycles. The number of rotatable bonds is 7. The predicted molar refractivity (Wildman–Crippen MR) is 170 cm³/mol. The van der Waals surface area contributed by atoms with Gasteiger partial charge in [-0.15, -0.1) is 0 Å². The van der Waals surface area contributed by atoms with Crippen molar-refractivity contribution in [2.75, 3.05) is 24.7 Å². The van der Waals surface area contributed by atoms with E-state index in [0.717, 1.165) is 27.0 Å². The molecule has 222 valence electrons. The molecule has 0 unspecified atom stereocenters. The summed E-state index contributed by atoms with van der Waals surface area (Å²) < 4.78 is 32.9. The number of hydrogen-bond donors (Lipinski definition) is 2. The van der Waals surface area contributed by atoms with Crippen LogP contribution < -0.4 is 9.62 Å². The van der Waals surface area contributed by atoms with Gasteiger partial charge in [0, 0.05) is 59.7 Å². The van der Waals surface area contributed by atoms with E-state index in [1.807, 2.05) is 61.5 Å². The molecule has 0 aliphatic rings. The lowest BCUT2D eigenvalue weighted by molar-refractivity contribution is -0.384. The molecule has 0 atom stereocenters. The molecule has 44 heavy (non-hydrogen) atoms. The Morgan fingerprint density at radius 3 is 2.39 bits per heavy atom. The Labute approximate surface area is 252 Å². The van der Waals surface area contributed by atoms with Gasteiger partial charge in [-0.1, -0.05) is 48.0 Å². The SMILES string of the molecule is CNC(=O)c1c(-c2ccc(C)cc2)oc2cc(N(C)S(C)(=O)=O)c(-c3cc([N+](=O)[O-])cc(-c4cc5ccccc5[nH]4)n3)cc12. The third-order valence-corrected chi connectivity index (χ3v) is 8.71. The molecule has 0 spiro atoms. The van der Waals surface area contributed by atoms with Gasteiger partial charge in [0.15, 0.2) is 0 Å². The molecule has 3 aromatic heterocycles. The second kappa shape index (κ2) is 10.7. The van der Waals surface area contributed by atoms with Crippen LogP contribution in [0.5, 0.6) is 0 Å². The third-order valence-electron chi connectivity index (χ3n) is 7.51. The largest absolute Gasteiger partial charge is 0.455 e. The highest BCUT2D eigenvalue weighted by Gasteiger charge is 2.27. The Balaban J connectivity index is 1.67. The lowest BCUT2D eigenvalue weighted by atomic mass is 10.00. The fourth-order valence-corrected chi connectivity index (χ4v) is 5.65. The molecule has 0 saturated heterocycles. The van der Waals surface area contributed by atoms with Crippen LogP contribution in [-0.2, 0) is 10.0 Å². The Morgan fingerprint density at radius 2 is 1.73 bits per heavy atom. The number of H-pyrrole nitrogens is 1. The molecule has 3 aromatic carbocycles. The first kappa shape index (κ1) is 28.6. The molecule has 0 aliphatic heterocycles. The maximum atomic E-state index is 13.3. The first-order valence-corrected chi connectivity index (χ1v) is 15.4. The molecule has 6 rings (SSSR count). The average molecular weight is 610 g/mol. The number of amides is 1. The van der Waals surface area contributed by atoms with E-state index in [1.54, 1.807) is 6.07 Å². The lowest BCUT2D eigenvalue weighted by Crippen LogP contribution is -2.25. The maximum Gasteiger partial charge on any atom is 0.273 e. The first-order chi connectivity index (χ1) is 20.9. The summed E-state index contributed by atoms with van der Waals surface area (Å²) in [6.07, 6.45) is 1.05. The zero-order chi connectivity index (χ0) is 31.3. The Bertz CT molecular complexity index is 2180. The quantitative estimate of drug-likeness (QED) is 0.160. The first-order valence-electron chi connectivity index (χ1n) is 13.5. The van der Waals surface area contributed by atoms with E-state index in [9.17, 15) is 23.3 Å². The van der Waals surface area contributed by atoms with Gasteiger partial charge in [-0.25, -0.2) is 13.4 Å². The Hall–Kier alpha value is -5.49. The van der Waals surface area contributed by atoms with Crippen LogP contribution in [0.2, 0.25) is 0 Å². The molecule has 2 N–H and O–H groups in total. The summed E-state index contributed by atoms with van der Waals surface area (Å²) in [4.78, 5) is 32.8. The van der Waals surface area contributed by atoms with Gasteiger partial charge >= 0.3 is 0 Å². The second-order valence-corrected chi connectivity index (χ2v) is 12.5. The number of para-hydroxylation sites is 1. The van der Waals surface area contributed by atoms with Crippen LogP contribution >= 0.6 is 0 Å². The van der Waals surface area contributed by atoms with Gasteiger partial charge in [-0.3, -0.25) is 19.2 Å². The Kier molecular flexibility index (Phi) is 6.93. The van der Waals surface area contributed by atoms with E-state index in [2.05, 4.69) is 10.3 Å². The number of nitrogens with zero attached hydrogens (tertiary/aromatic N) is 3. The van der Waals surface area contributed by atoms with Crippen LogP contribution in [-0.4, -0.2) is 49.6 Å². The number of nitrogens with one attached hydrogen (secondary N) is 2. The summed E-state index contributed by atoms with van der Waals surface area (Å²) in [7, 11) is -0.922. The molecule has 0 bridgehead atoms. The Morgan fingerprint density at radius 1 is 1.02 bits per heavy atom. The fraction of sp³-hybridized carbons (Fsp3) is 0.125. The number of carbonyl (C=O) groups is 1. The molecule has 0 radical (unpaired) electrons.